The Hall–Kier alpha value is -2.64. The third-order valence-electron chi connectivity index (χ3n) is 6.48. The molecule has 198 valence electrons. The SMILES string of the molecule is CC(C)(C)Sc1c(CC(C)(C)C(=O)O)n(Cc2ccc(Cl)cc2)c2ccc(OCC3CCC(=O)N3)cc12. The Kier molecular flexibility index (Phi) is 7.86. The van der Waals surface area contributed by atoms with Crippen molar-refractivity contribution in [2.75, 3.05) is 6.61 Å². The lowest BCUT2D eigenvalue weighted by Gasteiger charge is -2.24. The van der Waals surface area contributed by atoms with Crippen molar-refractivity contribution in [1.29, 1.82) is 0 Å². The first kappa shape index (κ1) is 27.4. The van der Waals surface area contributed by atoms with Gasteiger partial charge in [0, 0.05) is 50.6 Å². The molecule has 0 radical (unpaired) electrons. The molecule has 2 aromatic carbocycles. The van der Waals surface area contributed by atoms with E-state index in [1.54, 1.807) is 25.6 Å². The van der Waals surface area contributed by atoms with Gasteiger partial charge in [0.15, 0.2) is 0 Å². The van der Waals surface area contributed by atoms with Crippen LogP contribution in [0.5, 0.6) is 5.75 Å². The minimum absolute atomic E-state index is 0.0213. The molecule has 1 aliphatic heterocycles. The van der Waals surface area contributed by atoms with Gasteiger partial charge < -0.3 is 19.7 Å². The molecular formula is C29H35ClN2O4S. The van der Waals surface area contributed by atoms with E-state index in [9.17, 15) is 14.7 Å². The number of aromatic nitrogens is 1. The Balaban J connectivity index is 1.82. The number of carbonyl (C=O) groups excluding carboxylic acids is 1. The number of aliphatic carboxylic acids is 1. The molecule has 2 heterocycles. The number of nitrogens with zero attached hydrogens (tertiary/aromatic N) is 1. The van der Waals surface area contributed by atoms with Crippen LogP contribution in [0.1, 0.15) is 58.7 Å². The fraction of sp³-hybridized carbons (Fsp3) is 0.448. The van der Waals surface area contributed by atoms with Crippen LogP contribution in [0.15, 0.2) is 47.4 Å². The van der Waals surface area contributed by atoms with Crippen LogP contribution in [0, 0.1) is 5.41 Å². The highest BCUT2D eigenvalue weighted by atomic mass is 35.5. The van der Waals surface area contributed by atoms with Gasteiger partial charge in [-0.1, -0.05) is 44.5 Å². The van der Waals surface area contributed by atoms with E-state index >= 15 is 0 Å². The van der Waals surface area contributed by atoms with Crippen LogP contribution >= 0.6 is 23.4 Å². The zero-order valence-electron chi connectivity index (χ0n) is 22.1. The lowest BCUT2D eigenvalue weighted by molar-refractivity contribution is -0.146. The largest absolute Gasteiger partial charge is 0.491 e. The van der Waals surface area contributed by atoms with Gasteiger partial charge in [0.05, 0.1) is 11.5 Å². The summed E-state index contributed by atoms with van der Waals surface area (Å²) in [5, 5.41) is 14.6. The molecule has 4 rings (SSSR count). The summed E-state index contributed by atoms with van der Waals surface area (Å²) < 4.78 is 8.25. The van der Waals surface area contributed by atoms with Crippen molar-refractivity contribution in [3.05, 3.63) is 58.7 Å². The topological polar surface area (TPSA) is 80.6 Å². The number of carboxylic acid groups (broad SMARTS) is 1. The average molecular weight is 543 g/mol. The Morgan fingerprint density at radius 1 is 1.16 bits per heavy atom. The van der Waals surface area contributed by atoms with Gasteiger partial charge in [0.2, 0.25) is 5.91 Å². The van der Waals surface area contributed by atoms with Crippen LogP contribution in [0.4, 0.5) is 0 Å². The van der Waals surface area contributed by atoms with Gasteiger partial charge in [-0.2, -0.15) is 0 Å². The van der Waals surface area contributed by atoms with E-state index in [0.717, 1.165) is 39.2 Å². The second-order valence-corrected chi connectivity index (χ2v) is 13.6. The second kappa shape index (κ2) is 10.6. The van der Waals surface area contributed by atoms with E-state index in [0.29, 0.717) is 31.0 Å². The van der Waals surface area contributed by atoms with Crippen molar-refractivity contribution in [1.82, 2.24) is 9.88 Å². The number of hydrogen-bond acceptors (Lipinski definition) is 4. The molecule has 1 atom stereocenters. The minimum Gasteiger partial charge on any atom is -0.491 e. The van der Waals surface area contributed by atoms with Gasteiger partial charge in [-0.3, -0.25) is 9.59 Å². The van der Waals surface area contributed by atoms with Crippen molar-refractivity contribution < 1.29 is 19.4 Å². The first-order chi connectivity index (χ1) is 17.3. The molecule has 1 aromatic heterocycles. The van der Waals surface area contributed by atoms with Crippen LogP contribution in [0.3, 0.4) is 0 Å². The Morgan fingerprint density at radius 3 is 2.46 bits per heavy atom. The molecule has 8 heteroatoms. The van der Waals surface area contributed by atoms with E-state index in [1.165, 1.54) is 0 Å². The number of amides is 1. The maximum absolute atomic E-state index is 12.2. The average Bonchev–Trinajstić information content (AvgIpc) is 3.34. The number of ether oxygens (including phenoxy) is 1. The molecule has 0 aliphatic carbocycles. The molecule has 0 spiro atoms. The van der Waals surface area contributed by atoms with Gasteiger partial charge in [0.1, 0.15) is 12.4 Å². The Bertz CT molecular complexity index is 1310. The maximum atomic E-state index is 12.2. The fourth-order valence-corrected chi connectivity index (χ4v) is 5.80. The van der Waals surface area contributed by atoms with Crippen LogP contribution in [-0.2, 0) is 22.6 Å². The number of halogens is 1. The number of carbonyl (C=O) groups is 2. The number of carboxylic acids is 1. The number of thioether (sulfide) groups is 1. The Labute approximate surface area is 227 Å². The number of fused-ring (bicyclic) bond motifs is 1. The summed E-state index contributed by atoms with van der Waals surface area (Å²) in [6, 6.07) is 13.8. The van der Waals surface area contributed by atoms with Crippen LogP contribution < -0.4 is 10.1 Å². The smallest absolute Gasteiger partial charge is 0.309 e. The van der Waals surface area contributed by atoms with E-state index in [4.69, 9.17) is 16.3 Å². The summed E-state index contributed by atoms with van der Waals surface area (Å²) in [6.07, 6.45) is 1.70. The molecule has 1 aliphatic rings. The maximum Gasteiger partial charge on any atom is 0.309 e. The van der Waals surface area contributed by atoms with Crippen molar-refractivity contribution in [2.45, 2.75) is 76.1 Å². The molecule has 0 saturated carbocycles. The van der Waals surface area contributed by atoms with E-state index < -0.39 is 11.4 Å². The minimum atomic E-state index is -0.945. The summed E-state index contributed by atoms with van der Waals surface area (Å²) in [7, 11) is 0. The molecular weight excluding hydrogens is 508 g/mol. The molecule has 6 nitrogen and oxygen atoms in total. The van der Waals surface area contributed by atoms with E-state index in [-0.39, 0.29) is 16.7 Å². The van der Waals surface area contributed by atoms with Crippen LogP contribution in [0.25, 0.3) is 10.9 Å². The standard InChI is InChI=1S/C29H35ClN2O4S/c1-28(2,3)37-26-22-14-21(36-17-20-10-13-25(33)31-20)11-12-23(22)32(16-18-6-8-19(30)9-7-18)24(26)15-29(4,5)27(34)35/h6-9,11-12,14,20H,10,13,15-17H2,1-5H3,(H,31,33)(H,34,35). The highest BCUT2D eigenvalue weighted by Crippen LogP contribution is 2.44. The second-order valence-electron chi connectivity index (χ2n) is 11.4. The summed E-state index contributed by atoms with van der Waals surface area (Å²) in [6.45, 7) is 11.0. The van der Waals surface area contributed by atoms with Crippen LogP contribution in [-0.4, -0.2) is 38.9 Å². The monoisotopic (exact) mass is 542 g/mol. The number of hydrogen-bond donors (Lipinski definition) is 2. The summed E-state index contributed by atoms with van der Waals surface area (Å²) in [5.74, 6) is -0.0277. The number of benzene rings is 2. The normalized spacial score (nSPS) is 16.3. The summed E-state index contributed by atoms with van der Waals surface area (Å²) in [5.41, 5.74) is 2.16. The van der Waals surface area contributed by atoms with Gasteiger partial charge in [0.25, 0.3) is 0 Å². The predicted molar refractivity (Wildman–Crippen MR) is 150 cm³/mol. The molecule has 1 amide bonds. The van der Waals surface area contributed by atoms with E-state index in [1.807, 2.05) is 30.3 Å². The third kappa shape index (κ3) is 6.63. The number of nitrogens with one attached hydrogen (secondary N) is 1. The highest BCUT2D eigenvalue weighted by molar-refractivity contribution is 8.00. The molecule has 1 fully saturated rings. The van der Waals surface area contributed by atoms with Crippen molar-refractivity contribution in [3.8, 4) is 5.75 Å². The lowest BCUT2D eigenvalue weighted by Crippen LogP contribution is -2.30. The quantitative estimate of drug-likeness (QED) is 0.300. The van der Waals surface area contributed by atoms with E-state index in [2.05, 4.69) is 42.8 Å². The first-order valence-electron chi connectivity index (χ1n) is 12.6. The predicted octanol–water partition coefficient (Wildman–Crippen LogP) is 6.54. The summed E-state index contributed by atoms with van der Waals surface area (Å²) in [4.78, 5) is 24.8. The third-order valence-corrected chi connectivity index (χ3v) is 8.00. The van der Waals surface area contributed by atoms with Gasteiger partial charge in [-0.25, -0.2) is 0 Å². The van der Waals surface area contributed by atoms with Crippen molar-refractivity contribution in [2.24, 2.45) is 5.41 Å². The Morgan fingerprint density at radius 2 is 1.86 bits per heavy atom. The molecule has 0 bridgehead atoms. The van der Waals surface area contributed by atoms with Gasteiger partial charge >= 0.3 is 5.97 Å². The summed E-state index contributed by atoms with van der Waals surface area (Å²) >= 11 is 7.88. The fourth-order valence-electron chi connectivity index (χ4n) is 4.49. The van der Waals surface area contributed by atoms with Crippen LogP contribution in [0.2, 0.25) is 5.02 Å². The first-order valence-corrected chi connectivity index (χ1v) is 13.8. The molecule has 2 N–H and O–H groups in total. The molecule has 37 heavy (non-hydrogen) atoms. The van der Waals surface area contributed by atoms with Gasteiger partial charge in [-0.15, -0.1) is 11.8 Å². The molecule has 1 unspecified atom stereocenters. The number of rotatable bonds is 9. The highest BCUT2D eigenvalue weighted by Gasteiger charge is 2.33. The van der Waals surface area contributed by atoms with Gasteiger partial charge in [-0.05, 0) is 56.2 Å². The zero-order valence-corrected chi connectivity index (χ0v) is 23.6. The van der Waals surface area contributed by atoms with Crippen molar-refractivity contribution >= 4 is 46.1 Å². The zero-order chi connectivity index (χ0) is 27.0. The molecule has 1 saturated heterocycles. The van der Waals surface area contributed by atoms with Crippen molar-refractivity contribution in [3.63, 3.8) is 0 Å². The molecule has 3 aromatic rings. The lowest BCUT2D eigenvalue weighted by atomic mass is 9.88.